The van der Waals surface area contributed by atoms with Crippen LogP contribution in [0.2, 0.25) is 0 Å². The van der Waals surface area contributed by atoms with Gasteiger partial charge in [0.2, 0.25) is 11.8 Å². The fourth-order valence-corrected chi connectivity index (χ4v) is 2.01. The summed E-state index contributed by atoms with van der Waals surface area (Å²) in [6.45, 7) is 8.01. The SMILES string of the molecule is Cc1cc(OC(C)C)nc(NC(C)CCc2ccco2)n1. The molecule has 114 valence electrons. The lowest BCUT2D eigenvalue weighted by Crippen LogP contribution is -2.18. The summed E-state index contributed by atoms with van der Waals surface area (Å²) in [6.07, 6.45) is 3.64. The molecule has 0 amide bonds. The van der Waals surface area contributed by atoms with Crippen LogP contribution >= 0.6 is 0 Å². The normalized spacial score (nSPS) is 12.4. The molecule has 1 N–H and O–H groups in total. The average molecular weight is 289 g/mol. The lowest BCUT2D eigenvalue weighted by Gasteiger charge is -2.15. The molecule has 0 bridgehead atoms. The Morgan fingerprint density at radius 3 is 2.76 bits per heavy atom. The van der Waals surface area contributed by atoms with E-state index in [2.05, 4.69) is 22.2 Å². The molecule has 2 heterocycles. The minimum Gasteiger partial charge on any atom is -0.475 e. The van der Waals surface area contributed by atoms with Crippen molar-refractivity contribution in [1.29, 1.82) is 0 Å². The molecule has 0 aromatic carbocycles. The van der Waals surface area contributed by atoms with Crippen LogP contribution in [0.4, 0.5) is 5.95 Å². The first-order valence-corrected chi connectivity index (χ1v) is 7.34. The van der Waals surface area contributed by atoms with E-state index in [-0.39, 0.29) is 12.1 Å². The first-order valence-electron chi connectivity index (χ1n) is 7.34. The van der Waals surface area contributed by atoms with Crippen molar-refractivity contribution in [3.8, 4) is 5.88 Å². The number of ether oxygens (including phenoxy) is 1. The predicted molar refractivity (Wildman–Crippen MR) is 82.6 cm³/mol. The van der Waals surface area contributed by atoms with Crippen LogP contribution in [-0.4, -0.2) is 22.1 Å². The molecular weight excluding hydrogens is 266 g/mol. The highest BCUT2D eigenvalue weighted by Gasteiger charge is 2.09. The molecular formula is C16H23N3O2. The fourth-order valence-electron chi connectivity index (χ4n) is 2.01. The molecule has 0 aliphatic carbocycles. The van der Waals surface area contributed by atoms with Gasteiger partial charge >= 0.3 is 0 Å². The molecule has 2 aromatic heterocycles. The van der Waals surface area contributed by atoms with Gasteiger partial charge in [-0.15, -0.1) is 0 Å². The maximum Gasteiger partial charge on any atom is 0.226 e. The number of rotatable bonds is 7. The maximum absolute atomic E-state index is 5.63. The van der Waals surface area contributed by atoms with E-state index in [0.29, 0.717) is 11.8 Å². The topological polar surface area (TPSA) is 60.2 Å². The second-order valence-corrected chi connectivity index (χ2v) is 5.50. The average Bonchev–Trinajstić information content (AvgIpc) is 2.87. The Morgan fingerprint density at radius 1 is 1.29 bits per heavy atom. The standard InChI is InChI=1S/C16H23N3O2/c1-11(2)21-15-10-13(4)18-16(19-15)17-12(3)7-8-14-6-5-9-20-14/h5-6,9-12H,7-8H2,1-4H3,(H,17,18,19). The highest BCUT2D eigenvalue weighted by molar-refractivity contribution is 5.31. The van der Waals surface area contributed by atoms with Crippen molar-refractivity contribution in [1.82, 2.24) is 9.97 Å². The fraction of sp³-hybridized carbons (Fsp3) is 0.500. The van der Waals surface area contributed by atoms with Crippen molar-refractivity contribution in [2.45, 2.75) is 52.7 Å². The van der Waals surface area contributed by atoms with Gasteiger partial charge in [-0.2, -0.15) is 4.98 Å². The summed E-state index contributed by atoms with van der Waals surface area (Å²) in [6, 6.07) is 6.00. The number of hydrogen-bond donors (Lipinski definition) is 1. The molecule has 5 heteroatoms. The largest absolute Gasteiger partial charge is 0.475 e. The molecule has 0 spiro atoms. The van der Waals surface area contributed by atoms with Crippen molar-refractivity contribution in [2.24, 2.45) is 0 Å². The second-order valence-electron chi connectivity index (χ2n) is 5.50. The first-order chi connectivity index (χ1) is 10.0. The molecule has 21 heavy (non-hydrogen) atoms. The van der Waals surface area contributed by atoms with Crippen molar-refractivity contribution < 1.29 is 9.15 Å². The Morgan fingerprint density at radius 2 is 2.10 bits per heavy atom. The van der Waals surface area contributed by atoms with Gasteiger partial charge in [0.1, 0.15) is 5.76 Å². The van der Waals surface area contributed by atoms with Crippen LogP contribution in [0.25, 0.3) is 0 Å². The van der Waals surface area contributed by atoms with Gasteiger partial charge in [-0.25, -0.2) is 4.98 Å². The van der Waals surface area contributed by atoms with Crippen molar-refractivity contribution in [3.63, 3.8) is 0 Å². The molecule has 1 atom stereocenters. The Hall–Kier alpha value is -2.04. The zero-order valence-corrected chi connectivity index (χ0v) is 13.1. The summed E-state index contributed by atoms with van der Waals surface area (Å²) in [4.78, 5) is 8.79. The van der Waals surface area contributed by atoms with Crippen molar-refractivity contribution in [3.05, 3.63) is 35.9 Å². The third-order valence-electron chi connectivity index (χ3n) is 2.97. The van der Waals surface area contributed by atoms with Crippen LogP contribution in [0.1, 0.15) is 38.6 Å². The van der Waals surface area contributed by atoms with E-state index in [1.54, 1.807) is 6.26 Å². The number of aryl methyl sites for hydroxylation is 2. The summed E-state index contributed by atoms with van der Waals surface area (Å²) in [7, 11) is 0. The summed E-state index contributed by atoms with van der Waals surface area (Å²) >= 11 is 0. The quantitative estimate of drug-likeness (QED) is 0.844. The number of nitrogens with zero attached hydrogens (tertiary/aromatic N) is 2. The van der Waals surface area contributed by atoms with Crippen LogP contribution in [0, 0.1) is 6.92 Å². The van der Waals surface area contributed by atoms with Gasteiger partial charge in [0, 0.05) is 24.2 Å². The monoisotopic (exact) mass is 289 g/mol. The Bertz CT molecular complexity index is 553. The number of aromatic nitrogens is 2. The molecule has 0 radical (unpaired) electrons. The van der Waals surface area contributed by atoms with Crippen molar-refractivity contribution >= 4 is 5.95 Å². The molecule has 0 fully saturated rings. The number of anilines is 1. The molecule has 0 saturated heterocycles. The smallest absolute Gasteiger partial charge is 0.226 e. The summed E-state index contributed by atoms with van der Waals surface area (Å²) in [5, 5.41) is 3.31. The van der Waals surface area contributed by atoms with Crippen LogP contribution in [-0.2, 0) is 6.42 Å². The highest BCUT2D eigenvalue weighted by atomic mass is 16.5. The van der Waals surface area contributed by atoms with Gasteiger partial charge in [0.25, 0.3) is 0 Å². The van der Waals surface area contributed by atoms with Gasteiger partial charge in [0.15, 0.2) is 0 Å². The van der Waals surface area contributed by atoms with E-state index in [9.17, 15) is 0 Å². The molecule has 0 aliphatic rings. The van der Waals surface area contributed by atoms with E-state index >= 15 is 0 Å². The van der Waals surface area contributed by atoms with Gasteiger partial charge in [-0.1, -0.05) is 0 Å². The lowest BCUT2D eigenvalue weighted by molar-refractivity contribution is 0.232. The third-order valence-corrected chi connectivity index (χ3v) is 2.97. The summed E-state index contributed by atoms with van der Waals surface area (Å²) in [5.41, 5.74) is 0.890. The molecule has 2 rings (SSSR count). The first kappa shape index (κ1) is 15.4. The molecule has 5 nitrogen and oxygen atoms in total. The van der Waals surface area contributed by atoms with E-state index in [0.717, 1.165) is 24.3 Å². The van der Waals surface area contributed by atoms with E-state index in [1.165, 1.54) is 0 Å². The zero-order valence-electron chi connectivity index (χ0n) is 13.1. The van der Waals surface area contributed by atoms with E-state index in [1.807, 2.05) is 39.0 Å². The number of furan rings is 1. The van der Waals surface area contributed by atoms with Crippen LogP contribution in [0.5, 0.6) is 5.88 Å². The molecule has 0 saturated carbocycles. The van der Waals surface area contributed by atoms with E-state index < -0.39 is 0 Å². The number of hydrogen-bond acceptors (Lipinski definition) is 5. The molecule has 0 aliphatic heterocycles. The maximum atomic E-state index is 5.63. The summed E-state index contributed by atoms with van der Waals surface area (Å²) < 4.78 is 11.0. The highest BCUT2D eigenvalue weighted by Crippen LogP contribution is 2.15. The minimum atomic E-state index is 0.100. The lowest BCUT2D eigenvalue weighted by atomic mass is 10.1. The van der Waals surface area contributed by atoms with Gasteiger partial charge in [-0.3, -0.25) is 0 Å². The summed E-state index contributed by atoms with van der Waals surface area (Å²) in [5.74, 6) is 2.22. The Balaban J connectivity index is 1.93. The minimum absolute atomic E-state index is 0.100. The Labute approximate surface area is 125 Å². The molecule has 1 unspecified atom stereocenters. The predicted octanol–water partition coefficient (Wildman–Crippen LogP) is 3.60. The molecule has 2 aromatic rings. The van der Waals surface area contributed by atoms with Gasteiger partial charge in [-0.05, 0) is 46.2 Å². The third kappa shape index (κ3) is 5.10. The zero-order chi connectivity index (χ0) is 15.2. The van der Waals surface area contributed by atoms with Crippen LogP contribution in [0.3, 0.4) is 0 Å². The second kappa shape index (κ2) is 7.11. The van der Waals surface area contributed by atoms with Gasteiger partial charge < -0.3 is 14.5 Å². The Kier molecular flexibility index (Phi) is 5.20. The van der Waals surface area contributed by atoms with Crippen molar-refractivity contribution in [2.75, 3.05) is 5.32 Å². The number of nitrogens with one attached hydrogen (secondary N) is 1. The van der Waals surface area contributed by atoms with Crippen LogP contribution in [0.15, 0.2) is 28.9 Å². The van der Waals surface area contributed by atoms with E-state index in [4.69, 9.17) is 9.15 Å². The van der Waals surface area contributed by atoms with Crippen LogP contribution < -0.4 is 10.1 Å². The van der Waals surface area contributed by atoms with Gasteiger partial charge in [0.05, 0.1) is 12.4 Å².